The topological polar surface area (TPSA) is 44.5 Å². The number of aromatic nitrogens is 2. The number of hydrogen-bond donors (Lipinski definition) is 1. The fraction of sp³-hybridized carbons (Fsp3) is 0. The van der Waals surface area contributed by atoms with Crippen molar-refractivity contribution in [3.63, 3.8) is 0 Å². The molecule has 3 nitrogen and oxygen atoms in total. The number of nitriles is 1. The number of benzene rings is 2. The molecular formula is C14H7ClFN3S. The van der Waals surface area contributed by atoms with Crippen molar-refractivity contribution >= 4 is 34.9 Å². The van der Waals surface area contributed by atoms with Gasteiger partial charge in [0, 0.05) is 5.02 Å². The molecule has 1 N–H and O–H groups in total. The summed E-state index contributed by atoms with van der Waals surface area (Å²) in [7, 11) is 0. The van der Waals surface area contributed by atoms with Crippen molar-refractivity contribution in [2.45, 2.75) is 0 Å². The second kappa shape index (κ2) is 4.75. The quantitative estimate of drug-likeness (QED) is 0.679. The summed E-state index contributed by atoms with van der Waals surface area (Å²) in [6.45, 7) is 0. The molecule has 0 bridgehead atoms. The van der Waals surface area contributed by atoms with E-state index in [2.05, 4.69) is 4.98 Å². The van der Waals surface area contributed by atoms with Crippen LogP contribution < -0.4 is 0 Å². The Morgan fingerprint density at radius 3 is 2.85 bits per heavy atom. The van der Waals surface area contributed by atoms with Crippen LogP contribution in [0.25, 0.3) is 16.7 Å². The molecule has 0 fully saturated rings. The van der Waals surface area contributed by atoms with E-state index in [0.717, 1.165) is 5.52 Å². The minimum atomic E-state index is -0.580. The van der Waals surface area contributed by atoms with Gasteiger partial charge in [-0.15, -0.1) is 0 Å². The molecule has 1 aromatic heterocycles. The number of H-pyrrole nitrogens is 1. The molecule has 98 valence electrons. The number of nitrogens with zero attached hydrogens (tertiary/aromatic N) is 2. The molecule has 0 radical (unpaired) electrons. The molecule has 0 atom stereocenters. The van der Waals surface area contributed by atoms with Crippen molar-refractivity contribution in [2.75, 3.05) is 0 Å². The lowest BCUT2D eigenvalue weighted by Crippen LogP contribution is -1.99. The van der Waals surface area contributed by atoms with Crippen LogP contribution in [-0.2, 0) is 0 Å². The monoisotopic (exact) mass is 303 g/mol. The van der Waals surface area contributed by atoms with Gasteiger partial charge in [0.1, 0.15) is 17.4 Å². The van der Waals surface area contributed by atoms with Gasteiger partial charge in [-0.05, 0) is 42.5 Å². The second-order valence-electron chi connectivity index (χ2n) is 4.17. The summed E-state index contributed by atoms with van der Waals surface area (Å²) in [5.41, 5.74) is 1.81. The van der Waals surface area contributed by atoms with Crippen molar-refractivity contribution < 1.29 is 4.39 Å². The predicted molar refractivity (Wildman–Crippen MR) is 78.1 cm³/mol. The first-order valence-corrected chi connectivity index (χ1v) is 6.49. The molecule has 0 aliphatic heterocycles. The highest BCUT2D eigenvalue weighted by Crippen LogP contribution is 2.25. The van der Waals surface area contributed by atoms with E-state index in [-0.39, 0.29) is 5.56 Å². The summed E-state index contributed by atoms with van der Waals surface area (Å²) in [5, 5.41) is 9.68. The molecule has 2 aromatic carbocycles. The van der Waals surface area contributed by atoms with Gasteiger partial charge in [-0.1, -0.05) is 17.7 Å². The minimum absolute atomic E-state index is 0.0514. The maximum atomic E-state index is 13.7. The molecule has 0 saturated heterocycles. The van der Waals surface area contributed by atoms with E-state index in [4.69, 9.17) is 29.1 Å². The smallest absolute Gasteiger partial charge is 0.182 e. The van der Waals surface area contributed by atoms with Gasteiger partial charge in [0.25, 0.3) is 0 Å². The van der Waals surface area contributed by atoms with Crippen molar-refractivity contribution in [2.24, 2.45) is 0 Å². The molecule has 6 heteroatoms. The second-order valence-corrected chi connectivity index (χ2v) is 5.00. The molecule has 0 saturated carbocycles. The van der Waals surface area contributed by atoms with Crippen LogP contribution in [0.5, 0.6) is 0 Å². The number of rotatable bonds is 1. The third-order valence-corrected chi connectivity index (χ3v) is 3.51. The molecule has 1 heterocycles. The first-order chi connectivity index (χ1) is 9.61. The van der Waals surface area contributed by atoms with Crippen molar-refractivity contribution in [1.82, 2.24) is 9.55 Å². The Morgan fingerprint density at radius 2 is 2.10 bits per heavy atom. The Bertz CT molecular complexity index is 920. The number of fused-ring (bicyclic) bond motifs is 1. The Labute approximate surface area is 123 Å². The number of aromatic amines is 1. The van der Waals surface area contributed by atoms with Crippen molar-refractivity contribution in [1.29, 1.82) is 5.26 Å². The molecule has 20 heavy (non-hydrogen) atoms. The van der Waals surface area contributed by atoms with Crippen molar-refractivity contribution in [3.8, 4) is 11.8 Å². The molecule has 0 aliphatic rings. The third kappa shape index (κ3) is 1.90. The van der Waals surface area contributed by atoms with Crippen LogP contribution in [0.2, 0.25) is 5.02 Å². The normalized spacial score (nSPS) is 10.7. The molecule has 0 spiro atoms. The third-order valence-electron chi connectivity index (χ3n) is 2.99. The van der Waals surface area contributed by atoms with Crippen LogP contribution in [0.1, 0.15) is 5.56 Å². The lowest BCUT2D eigenvalue weighted by molar-refractivity contribution is 0.622. The van der Waals surface area contributed by atoms with E-state index in [0.29, 0.717) is 21.0 Å². The van der Waals surface area contributed by atoms with Crippen LogP contribution in [0.4, 0.5) is 4.39 Å². The van der Waals surface area contributed by atoms with Gasteiger partial charge in [0.05, 0.1) is 16.7 Å². The zero-order valence-electron chi connectivity index (χ0n) is 10.0. The largest absolute Gasteiger partial charge is 0.330 e. The van der Waals surface area contributed by atoms with Crippen LogP contribution in [0, 0.1) is 21.9 Å². The highest BCUT2D eigenvalue weighted by atomic mass is 35.5. The molecule has 0 aliphatic carbocycles. The number of nitrogens with one attached hydrogen (secondary N) is 1. The fourth-order valence-corrected chi connectivity index (χ4v) is 2.60. The minimum Gasteiger partial charge on any atom is -0.330 e. The Balaban J connectivity index is 2.45. The SMILES string of the molecule is N#Cc1c(F)cccc1-n1c(=S)[nH]c2ccc(Cl)cc21. The highest BCUT2D eigenvalue weighted by molar-refractivity contribution is 7.71. The maximum Gasteiger partial charge on any atom is 0.182 e. The van der Waals surface area contributed by atoms with E-state index in [9.17, 15) is 4.39 Å². The fourth-order valence-electron chi connectivity index (χ4n) is 2.12. The summed E-state index contributed by atoms with van der Waals surface area (Å²) >= 11 is 11.3. The average molecular weight is 304 g/mol. The summed E-state index contributed by atoms with van der Waals surface area (Å²) in [5.74, 6) is -0.580. The first-order valence-electron chi connectivity index (χ1n) is 5.71. The van der Waals surface area contributed by atoms with Crippen LogP contribution in [0.15, 0.2) is 36.4 Å². The van der Waals surface area contributed by atoms with Gasteiger partial charge >= 0.3 is 0 Å². The summed E-state index contributed by atoms with van der Waals surface area (Å²) in [4.78, 5) is 3.01. The van der Waals surface area contributed by atoms with Gasteiger partial charge in [0.15, 0.2) is 4.77 Å². The lowest BCUT2D eigenvalue weighted by Gasteiger charge is -2.07. The van der Waals surface area contributed by atoms with Gasteiger partial charge in [-0.3, -0.25) is 4.57 Å². The predicted octanol–water partition coefficient (Wildman–Crippen LogP) is 4.35. The summed E-state index contributed by atoms with van der Waals surface area (Å²) in [6.07, 6.45) is 0. The number of halogens is 2. The first kappa shape index (κ1) is 12.9. The van der Waals surface area contributed by atoms with Gasteiger partial charge < -0.3 is 4.98 Å². The Kier molecular flexibility index (Phi) is 3.05. The molecule has 0 unspecified atom stereocenters. The Hall–Kier alpha value is -2.16. The molecular weight excluding hydrogens is 297 g/mol. The van der Waals surface area contributed by atoms with Crippen LogP contribution >= 0.6 is 23.8 Å². The summed E-state index contributed by atoms with van der Waals surface area (Å²) < 4.78 is 15.7. The van der Waals surface area contributed by atoms with Gasteiger partial charge in [-0.2, -0.15) is 5.26 Å². The van der Waals surface area contributed by atoms with Gasteiger partial charge in [0.2, 0.25) is 0 Å². The average Bonchev–Trinajstić information content (AvgIpc) is 2.73. The number of imidazole rings is 1. The lowest BCUT2D eigenvalue weighted by atomic mass is 10.1. The molecule has 3 rings (SSSR count). The van der Waals surface area contributed by atoms with Crippen LogP contribution in [-0.4, -0.2) is 9.55 Å². The zero-order chi connectivity index (χ0) is 14.3. The summed E-state index contributed by atoms with van der Waals surface area (Å²) in [6, 6.07) is 11.5. The van der Waals surface area contributed by atoms with Gasteiger partial charge in [-0.25, -0.2) is 4.39 Å². The Morgan fingerprint density at radius 1 is 1.30 bits per heavy atom. The van der Waals surface area contributed by atoms with Crippen molar-refractivity contribution in [3.05, 3.63) is 57.6 Å². The molecule has 3 aromatic rings. The maximum absolute atomic E-state index is 13.7. The van der Waals surface area contributed by atoms with E-state index >= 15 is 0 Å². The molecule has 0 amide bonds. The highest BCUT2D eigenvalue weighted by Gasteiger charge is 2.13. The van der Waals surface area contributed by atoms with E-state index < -0.39 is 5.82 Å². The van der Waals surface area contributed by atoms with E-state index in [1.807, 2.05) is 6.07 Å². The standard InChI is InChI=1S/C14H7ClFN3S/c15-8-4-5-11-13(6-8)19(14(20)18-11)12-3-1-2-10(16)9(12)7-17/h1-6H,(H,18,20). The number of hydrogen-bond acceptors (Lipinski definition) is 2. The zero-order valence-corrected chi connectivity index (χ0v) is 11.6. The van der Waals surface area contributed by atoms with Crippen LogP contribution in [0.3, 0.4) is 0 Å². The van der Waals surface area contributed by atoms with E-state index in [1.54, 1.807) is 28.8 Å². The van der Waals surface area contributed by atoms with E-state index in [1.165, 1.54) is 12.1 Å².